The highest BCUT2D eigenvalue weighted by Crippen LogP contribution is 2.37. The van der Waals surface area contributed by atoms with Crippen molar-refractivity contribution in [2.24, 2.45) is 0 Å². The third-order valence-corrected chi connectivity index (χ3v) is 9.31. The van der Waals surface area contributed by atoms with Gasteiger partial charge < -0.3 is 24.3 Å². The number of amides is 1. The highest BCUT2D eigenvalue weighted by Gasteiger charge is 2.54. The van der Waals surface area contributed by atoms with E-state index in [1.807, 2.05) is 91.0 Å². The molecule has 1 amide bonds. The summed E-state index contributed by atoms with van der Waals surface area (Å²) in [4.78, 5) is 26.7. The third kappa shape index (κ3) is 11.8. The molecule has 1 aliphatic heterocycles. The summed E-state index contributed by atoms with van der Waals surface area (Å²) in [6, 6.07) is 29.1. The molecule has 0 radical (unpaired) electrons. The SMILES string of the molecule is CCCCCCCCCCCCNC(=O)[C@@H](OCc1ccccc1)[C@H]1O[C@H](n2cc(-c3ccccc3)nn2)[C@H](OC(C)=O)[C@H]1OCc1ccccc1. The maximum atomic E-state index is 14.1. The average Bonchev–Trinajstić information content (AvgIpc) is 3.79. The van der Waals surface area contributed by atoms with E-state index in [-0.39, 0.29) is 19.1 Å². The van der Waals surface area contributed by atoms with Crippen LogP contribution in [0.5, 0.6) is 0 Å². The molecule has 5 atom stereocenters. The number of unbranched alkanes of at least 4 members (excludes halogenated alkanes) is 9. The summed E-state index contributed by atoms with van der Waals surface area (Å²) in [7, 11) is 0. The Kier molecular flexibility index (Phi) is 15.8. The molecule has 10 heteroatoms. The first kappa shape index (κ1) is 38.8. The van der Waals surface area contributed by atoms with Gasteiger partial charge in [-0.1, -0.05) is 161 Å². The predicted octanol–water partition coefficient (Wildman–Crippen LogP) is 7.98. The van der Waals surface area contributed by atoms with Crippen LogP contribution in [0.15, 0.2) is 97.2 Å². The highest BCUT2D eigenvalue weighted by atomic mass is 16.6. The second kappa shape index (κ2) is 21.2. The second-order valence-corrected chi connectivity index (χ2v) is 13.5. The maximum Gasteiger partial charge on any atom is 0.303 e. The van der Waals surface area contributed by atoms with E-state index in [0.29, 0.717) is 12.2 Å². The molecule has 0 bridgehead atoms. The van der Waals surface area contributed by atoms with E-state index >= 15 is 0 Å². The topological polar surface area (TPSA) is 114 Å². The minimum absolute atomic E-state index is 0.173. The molecule has 278 valence electrons. The van der Waals surface area contributed by atoms with E-state index in [9.17, 15) is 9.59 Å². The van der Waals surface area contributed by atoms with Crippen molar-refractivity contribution in [3.63, 3.8) is 0 Å². The number of esters is 1. The smallest absolute Gasteiger partial charge is 0.303 e. The molecule has 0 aliphatic carbocycles. The van der Waals surface area contributed by atoms with E-state index in [2.05, 4.69) is 22.6 Å². The Bertz CT molecular complexity index is 1600. The number of hydrogen-bond donors (Lipinski definition) is 1. The van der Waals surface area contributed by atoms with Gasteiger partial charge in [0.1, 0.15) is 17.9 Å². The number of benzene rings is 3. The normalized spacial score (nSPS) is 19.0. The number of nitrogens with zero attached hydrogens (tertiary/aromatic N) is 3. The summed E-state index contributed by atoms with van der Waals surface area (Å²) < 4.78 is 27.1. The van der Waals surface area contributed by atoms with E-state index in [1.54, 1.807) is 6.20 Å². The number of carbonyl (C=O) groups excluding carboxylic acids is 2. The van der Waals surface area contributed by atoms with Gasteiger partial charge in [0.15, 0.2) is 18.4 Å². The molecule has 4 aromatic rings. The molecule has 3 aromatic carbocycles. The van der Waals surface area contributed by atoms with Crippen LogP contribution in [0.1, 0.15) is 95.4 Å². The Morgan fingerprint density at radius 2 is 1.35 bits per heavy atom. The van der Waals surface area contributed by atoms with Gasteiger partial charge >= 0.3 is 5.97 Å². The molecule has 1 N–H and O–H groups in total. The summed E-state index contributed by atoms with van der Waals surface area (Å²) in [6.45, 7) is 4.48. The molecule has 0 saturated carbocycles. The van der Waals surface area contributed by atoms with Crippen molar-refractivity contribution >= 4 is 11.9 Å². The molecule has 2 heterocycles. The molecular weight excluding hydrogens is 656 g/mol. The molecule has 52 heavy (non-hydrogen) atoms. The monoisotopic (exact) mass is 710 g/mol. The first-order valence-electron chi connectivity index (χ1n) is 18.9. The van der Waals surface area contributed by atoms with Gasteiger partial charge in [0, 0.05) is 19.0 Å². The van der Waals surface area contributed by atoms with Crippen LogP contribution >= 0.6 is 0 Å². The van der Waals surface area contributed by atoms with Crippen LogP contribution in [-0.2, 0) is 41.8 Å². The quantitative estimate of drug-likeness (QED) is 0.0645. The van der Waals surface area contributed by atoms with Gasteiger partial charge in [0.05, 0.1) is 19.4 Å². The van der Waals surface area contributed by atoms with E-state index in [0.717, 1.165) is 36.0 Å². The van der Waals surface area contributed by atoms with E-state index in [4.69, 9.17) is 18.9 Å². The van der Waals surface area contributed by atoms with Crippen molar-refractivity contribution in [1.82, 2.24) is 20.3 Å². The van der Waals surface area contributed by atoms with Crippen molar-refractivity contribution in [3.05, 3.63) is 108 Å². The number of nitrogens with one attached hydrogen (secondary N) is 1. The molecule has 10 nitrogen and oxygen atoms in total. The van der Waals surface area contributed by atoms with Gasteiger partial charge in [-0.05, 0) is 17.5 Å². The zero-order valence-electron chi connectivity index (χ0n) is 30.6. The third-order valence-electron chi connectivity index (χ3n) is 9.31. The molecule has 1 aromatic heterocycles. The Morgan fingerprint density at radius 3 is 1.96 bits per heavy atom. The summed E-state index contributed by atoms with van der Waals surface area (Å²) in [5, 5.41) is 11.9. The van der Waals surface area contributed by atoms with Gasteiger partial charge in [-0.15, -0.1) is 5.10 Å². The van der Waals surface area contributed by atoms with Crippen LogP contribution in [0.25, 0.3) is 11.3 Å². The van der Waals surface area contributed by atoms with Crippen LogP contribution in [0.4, 0.5) is 0 Å². The fourth-order valence-electron chi connectivity index (χ4n) is 6.54. The molecule has 5 rings (SSSR count). The van der Waals surface area contributed by atoms with Crippen LogP contribution in [0, 0.1) is 0 Å². The largest absolute Gasteiger partial charge is 0.455 e. The Hall–Kier alpha value is -4.38. The van der Waals surface area contributed by atoms with Crippen LogP contribution in [-0.4, -0.2) is 57.8 Å². The Morgan fingerprint density at radius 1 is 0.769 bits per heavy atom. The Balaban J connectivity index is 1.34. The highest BCUT2D eigenvalue weighted by molar-refractivity contribution is 5.81. The van der Waals surface area contributed by atoms with Crippen LogP contribution in [0.3, 0.4) is 0 Å². The van der Waals surface area contributed by atoms with Crippen LogP contribution in [0.2, 0.25) is 0 Å². The number of ether oxygens (including phenoxy) is 4. The number of carbonyl (C=O) groups is 2. The van der Waals surface area contributed by atoms with Crippen molar-refractivity contribution in [3.8, 4) is 11.3 Å². The molecule has 0 unspecified atom stereocenters. The fraction of sp³-hybridized carbons (Fsp3) is 0.476. The predicted molar refractivity (Wildman–Crippen MR) is 200 cm³/mol. The minimum atomic E-state index is -1.08. The van der Waals surface area contributed by atoms with Crippen LogP contribution < -0.4 is 5.32 Å². The van der Waals surface area contributed by atoms with Gasteiger partial charge in [-0.3, -0.25) is 9.59 Å². The first-order valence-corrected chi connectivity index (χ1v) is 18.9. The fourth-order valence-corrected chi connectivity index (χ4v) is 6.54. The zero-order valence-corrected chi connectivity index (χ0v) is 30.6. The lowest BCUT2D eigenvalue weighted by Crippen LogP contribution is -2.50. The lowest BCUT2D eigenvalue weighted by molar-refractivity contribution is -0.159. The second-order valence-electron chi connectivity index (χ2n) is 13.5. The summed E-state index contributed by atoms with van der Waals surface area (Å²) in [6.07, 6.45) is 9.03. The summed E-state index contributed by atoms with van der Waals surface area (Å²) in [5.41, 5.74) is 3.33. The number of aromatic nitrogens is 3. The molecule has 1 aliphatic rings. The maximum absolute atomic E-state index is 14.1. The average molecular weight is 711 g/mol. The number of rotatable bonds is 22. The van der Waals surface area contributed by atoms with Gasteiger partial charge in [0.2, 0.25) is 0 Å². The molecule has 1 fully saturated rings. The number of hydrogen-bond acceptors (Lipinski definition) is 8. The van der Waals surface area contributed by atoms with E-state index < -0.39 is 36.6 Å². The lowest BCUT2D eigenvalue weighted by atomic mass is 10.0. The van der Waals surface area contributed by atoms with Crippen molar-refractivity contribution in [2.45, 2.75) is 122 Å². The summed E-state index contributed by atoms with van der Waals surface area (Å²) in [5.74, 6) is -0.820. The zero-order chi connectivity index (χ0) is 36.4. The van der Waals surface area contributed by atoms with Gasteiger partial charge in [-0.25, -0.2) is 4.68 Å². The Labute approximate surface area is 308 Å². The van der Waals surface area contributed by atoms with Crippen molar-refractivity contribution in [1.29, 1.82) is 0 Å². The first-order chi connectivity index (χ1) is 25.5. The lowest BCUT2D eigenvalue weighted by Gasteiger charge is -2.28. The van der Waals surface area contributed by atoms with Gasteiger partial charge in [-0.2, -0.15) is 0 Å². The molecule has 0 spiro atoms. The standard InChI is InChI=1S/C42H54N4O6/c1-3-4-5-6-7-8-9-10-11-21-28-43-41(48)39(50-31-34-24-17-13-18-25-34)38-37(49-30-33-22-15-12-16-23-33)40(51-32(2)47)42(52-38)46-29-36(44-45-46)35-26-19-14-20-27-35/h12-20,22-27,29,37-40,42H,3-11,21,28,30-31H2,1-2H3,(H,43,48)/t37-,38-,39-,40+,42-/m0/s1. The molecular formula is C42H54N4O6. The minimum Gasteiger partial charge on any atom is -0.455 e. The molecule has 1 saturated heterocycles. The van der Waals surface area contributed by atoms with E-state index in [1.165, 1.54) is 56.6 Å². The van der Waals surface area contributed by atoms with Crippen molar-refractivity contribution in [2.75, 3.05) is 6.54 Å². The van der Waals surface area contributed by atoms with Crippen molar-refractivity contribution < 1.29 is 28.5 Å². The van der Waals surface area contributed by atoms with Gasteiger partial charge in [0.25, 0.3) is 5.91 Å². The summed E-state index contributed by atoms with van der Waals surface area (Å²) >= 11 is 0.